The summed E-state index contributed by atoms with van der Waals surface area (Å²) in [6.45, 7) is 5.21. The summed E-state index contributed by atoms with van der Waals surface area (Å²) in [6, 6.07) is 3.39. The highest BCUT2D eigenvalue weighted by molar-refractivity contribution is 5.86. The van der Waals surface area contributed by atoms with Crippen molar-refractivity contribution in [1.29, 1.82) is 0 Å². The summed E-state index contributed by atoms with van der Waals surface area (Å²) in [5.41, 5.74) is 1.09. The van der Waals surface area contributed by atoms with Crippen molar-refractivity contribution >= 4 is 11.6 Å². The van der Waals surface area contributed by atoms with Gasteiger partial charge in [0.05, 0.1) is 21.3 Å². The van der Waals surface area contributed by atoms with Gasteiger partial charge in [0.15, 0.2) is 11.5 Å². The van der Waals surface area contributed by atoms with E-state index < -0.39 is 0 Å². The molecule has 0 fully saturated rings. The molecule has 98 valence electrons. The molecular weight excluding hydrogens is 234 g/mol. The van der Waals surface area contributed by atoms with E-state index in [0.29, 0.717) is 28.5 Å². The summed E-state index contributed by atoms with van der Waals surface area (Å²) in [5.74, 6) is 1.44. The van der Waals surface area contributed by atoms with E-state index in [0.717, 1.165) is 0 Å². The lowest BCUT2D eigenvalue weighted by Gasteiger charge is -2.15. The van der Waals surface area contributed by atoms with E-state index in [1.165, 1.54) is 21.1 Å². The van der Waals surface area contributed by atoms with Crippen molar-refractivity contribution in [2.45, 2.75) is 6.92 Å². The second kappa shape index (κ2) is 5.95. The van der Waals surface area contributed by atoms with E-state index in [1.807, 2.05) is 0 Å². The fourth-order valence-corrected chi connectivity index (χ4v) is 1.54. The van der Waals surface area contributed by atoms with Crippen LogP contribution in [0.2, 0.25) is 0 Å². The molecule has 18 heavy (non-hydrogen) atoms. The van der Waals surface area contributed by atoms with Crippen LogP contribution >= 0.6 is 0 Å². The number of carbonyl (C=O) groups excluding carboxylic acids is 1. The zero-order chi connectivity index (χ0) is 13.7. The third-order valence-electron chi connectivity index (χ3n) is 2.36. The molecule has 0 aliphatic carbocycles. The molecule has 0 saturated carbocycles. The fraction of sp³-hybridized carbons (Fsp3) is 0.308. The highest BCUT2D eigenvalue weighted by Crippen LogP contribution is 2.36. The molecule has 0 heterocycles. The van der Waals surface area contributed by atoms with Crippen molar-refractivity contribution < 1.29 is 19.0 Å². The number of rotatable bonds is 5. The van der Waals surface area contributed by atoms with Crippen LogP contribution in [0.3, 0.4) is 0 Å². The van der Waals surface area contributed by atoms with Crippen LogP contribution in [0.25, 0.3) is 5.70 Å². The molecule has 1 rings (SSSR count). The molecule has 0 unspecified atom stereocenters. The van der Waals surface area contributed by atoms with Gasteiger partial charge in [-0.25, -0.2) is 0 Å². The number of hydrogen-bond acceptors (Lipinski definition) is 4. The first-order valence-electron chi connectivity index (χ1n) is 5.30. The lowest BCUT2D eigenvalue weighted by atomic mass is 10.1. The van der Waals surface area contributed by atoms with Gasteiger partial charge in [0.25, 0.3) is 0 Å². The Labute approximate surface area is 106 Å². The molecule has 0 aliphatic rings. The number of amides is 1. The Morgan fingerprint density at radius 2 is 1.56 bits per heavy atom. The summed E-state index contributed by atoms with van der Waals surface area (Å²) in [7, 11) is 4.61. The summed E-state index contributed by atoms with van der Waals surface area (Å²) in [5, 5.41) is 2.61. The van der Waals surface area contributed by atoms with E-state index in [4.69, 9.17) is 14.2 Å². The van der Waals surface area contributed by atoms with Gasteiger partial charge in [0.1, 0.15) is 5.75 Å². The maximum Gasteiger partial charge on any atom is 0.221 e. The van der Waals surface area contributed by atoms with E-state index in [2.05, 4.69) is 11.9 Å². The third-order valence-corrected chi connectivity index (χ3v) is 2.36. The number of carbonyl (C=O) groups is 1. The van der Waals surface area contributed by atoms with Gasteiger partial charge in [0.2, 0.25) is 5.91 Å². The number of nitrogens with one attached hydrogen (secondary N) is 1. The Bertz CT molecular complexity index is 468. The van der Waals surface area contributed by atoms with E-state index in [-0.39, 0.29) is 5.91 Å². The normalized spacial score (nSPS) is 9.56. The minimum Gasteiger partial charge on any atom is -0.496 e. The molecule has 0 spiro atoms. The molecule has 0 aliphatic heterocycles. The lowest BCUT2D eigenvalue weighted by molar-refractivity contribution is -0.117. The standard InChI is InChI=1S/C13H17NO4/c1-8(14-9(2)15)10-6-12(17-4)13(18-5)7-11(10)16-3/h6-7H,1H2,2-5H3,(H,14,15). The van der Waals surface area contributed by atoms with Crippen molar-refractivity contribution in [3.05, 3.63) is 24.3 Å². The number of ether oxygens (including phenoxy) is 3. The quantitative estimate of drug-likeness (QED) is 0.867. The van der Waals surface area contributed by atoms with E-state index >= 15 is 0 Å². The SMILES string of the molecule is C=C(NC(C)=O)c1cc(OC)c(OC)cc1OC. The zero-order valence-corrected chi connectivity index (χ0v) is 11.0. The second-order valence-corrected chi connectivity index (χ2v) is 3.57. The first kappa shape index (κ1) is 13.9. The van der Waals surface area contributed by atoms with Gasteiger partial charge in [-0.3, -0.25) is 4.79 Å². The Morgan fingerprint density at radius 1 is 1.06 bits per heavy atom. The van der Waals surface area contributed by atoms with Crippen LogP contribution in [0, 0.1) is 0 Å². The molecule has 0 bridgehead atoms. The van der Waals surface area contributed by atoms with Crippen molar-refractivity contribution in [3.63, 3.8) is 0 Å². The van der Waals surface area contributed by atoms with Gasteiger partial charge >= 0.3 is 0 Å². The summed E-state index contributed by atoms with van der Waals surface area (Å²) >= 11 is 0. The van der Waals surface area contributed by atoms with Crippen molar-refractivity contribution in [3.8, 4) is 17.2 Å². The van der Waals surface area contributed by atoms with Gasteiger partial charge in [0, 0.05) is 24.3 Å². The van der Waals surface area contributed by atoms with Gasteiger partial charge in [-0.2, -0.15) is 0 Å². The van der Waals surface area contributed by atoms with Crippen molar-refractivity contribution in [2.24, 2.45) is 0 Å². The predicted octanol–water partition coefficient (Wildman–Crippen LogP) is 1.82. The summed E-state index contributed by atoms with van der Waals surface area (Å²) in [6.07, 6.45) is 0. The Kier molecular flexibility index (Phi) is 4.59. The Balaban J connectivity index is 3.24. The first-order valence-corrected chi connectivity index (χ1v) is 5.30. The monoisotopic (exact) mass is 251 g/mol. The molecule has 1 amide bonds. The van der Waals surface area contributed by atoms with Crippen LogP contribution in [0.1, 0.15) is 12.5 Å². The second-order valence-electron chi connectivity index (χ2n) is 3.57. The smallest absolute Gasteiger partial charge is 0.221 e. The molecular formula is C13H17NO4. The number of benzene rings is 1. The predicted molar refractivity (Wildman–Crippen MR) is 68.9 cm³/mol. The largest absolute Gasteiger partial charge is 0.496 e. The maximum absolute atomic E-state index is 11.0. The van der Waals surface area contributed by atoms with Crippen molar-refractivity contribution in [2.75, 3.05) is 21.3 Å². The first-order chi connectivity index (χ1) is 8.53. The molecule has 0 radical (unpaired) electrons. The van der Waals surface area contributed by atoms with Gasteiger partial charge < -0.3 is 19.5 Å². The van der Waals surface area contributed by atoms with E-state index in [9.17, 15) is 4.79 Å². The highest BCUT2D eigenvalue weighted by Gasteiger charge is 2.14. The van der Waals surface area contributed by atoms with E-state index in [1.54, 1.807) is 19.2 Å². The fourth-order valence-electron chi connectivity index (χ4n) is 1.54. The molecule has 1 aromatic carbocycles. The van der Waals surface area contributed by atoms with Gasteiger partial charge in [-0.15, -0.1) is 0 Å². The van der Waals surface area contributed by atoms with Crippen LogP contribution < -0.4 is 19.5 Å². The van der Waals surface area contributed by atoms with Crippen LogP contribution in [0.4, 0.5) is 0 Å². The number of hydrogen-bond donors (Lipinski definition) is 1. The lowest BCUT2D eigenvalue weighted by Crippen LogP contribution is -2.17. The molecule has 5 nitrogen and oxygen atoms in total. The Hall–Kier alpha value is -2.17. The van der Waals surface area contributed by atoms with Crippen LogP contribution in [0.15, 0.2) is 18.7 Å². The van der Waals surface area contributed by atoms with Gasteiger partial charge in [-0.05, 0) is 6.07 Å². The summed E-state index contributed by atoms with van der Waals surface area (Å²) in [4.78, 5) is 11.0. The summed E-state index contributed by atoms with van der Waals surface area (Å²) < 4.78 is 15.6. The molecule has 0 saturated heterocycles. The topological polar surface area (TPSA) is 56.8 Å². The van der Waals surface area contributed by atoms with Crippen LogP contribution in [-0.4, -0.2) is 27.2 Å². The minimum absolute atomic E-state index is 0.197. The van der Waals surface area contributed by atoms with Crippen LogP contribution in [0.5, 0.6) is 17.2 Å². The maximum atomic E-state index is 11.0. The zero-order valence-electron chi connectivity index (χ0n) is 11.0. The molecule has 1 aromatic rings. The molecule has 5 heteroatoms. The Morgan fingerprint density at radius 3 is 2.00 bits per heavy atom. The van der Waals surface area contributed by atoms with Gasteiger partial charge in [-0.1, -0.05) is 6.58 Å². The van der Waals surface area contributed by atoms with Crippen molar-refractivity contribution in [1.82, 2.24) is 5.32 Å². The third kappa shape index (κ3) is 2.94. The molecule has 0 atom stereocenters. The average Bonchev–Trinajstić information content (AvgIpc) is 2.36. The molecule has 1 N–H and O–H groups in total. The highest BCUT2D eigenvalue weighted by atomic mass is 16.5. The number of methoxy groups -OCH3 is 3. The van der Waals surface area contributed by atoms with Crippen LogP contribution in [-0.2, 0) is 4.79 Å². The molecule has 0 aromatic heterocycles. The average molecular weight is 251 g/mol. The minimum atomic E-state index is -0.197.